The molecule has 0 unspecified atom stereocenters. The summed E-state index contributed by atoms with van der Waals surface area (Å²) < 4.78 is 5.52. The van der Waals surface area contributed by atoms with E-state index in [-0.39, 0.29) is 0 Å². The lowest BCUT2D eigenvalue weighted by Crippen LogP contribution is -1.81. The van der Waals surface area contributed by atoms with Gasteiger partial charge in [-0.05, 0) is 35.0 Å². The highest BCUT2D eigenvalue weighted by Gasteiger charge is 2.15. The van der Waals surface area contributed by atoms with Crippen LogP contribution < -0.4 is 0 Å². The first-order valence-corrected chi connectivity index (χ1v) is 9.63. The Hall–Kier alpha value is -3.37. The summed E-state index contributed by atoms with van der Waals surface area (Å²) >= 11 is 1.68. The van der Waals surface area contributed by atoms with Gasteiger partial charge in [0, 0.05) is 10.8 Å². The molecule has 1 N–H and O–H groups in total. The van der Waals surface area contributed by atoms with Crippen molar-refractivity contribution < 1.29 is 4.42 Å². The van der Waals surface area contributed by atoms with Crippen LogP contribution in [0.1, 0.15) is 0 Å². The van der Waals surface area contributed by atoms with Crippen LogP contribution in [0.15, 0.2) is 83.5 Å². The number of aromatic amines is 1. The molecule has 3 aromatic carbocycles. The molecule has 4 heteroatoms. The largest absolute Gasteiger partial charge is 0.464 e. The van der Waals surface area contributed by atoms with E-state index in [4.69, 9.17) is 9.40 Å². The molecule has 0 fully saturated rings. The van der Waals surface area contributed by atoms with Crippen molar-refractivity contribution in [3.63, 3.8) is 0 Å². The Morgan fingerprint density at radius 3 is 2.19 bits per heavy atom. The predicted octanol–water partition coefficient (Wildman–Crippen LogP) is 6.86. The molecule has 0 radical (unpaired) electrons. The fourth-order valence-electron chi connectivity index (χ4n) is 3.76. The fraction of sp³-hybridized carbons (Fsp3) is 0. The molecule has 128 valence electrons. The van der Waals surface area contributed by atoms with Gasteiger partial charge in [0.1, 0.15) is 11.6 Å². The minimum atomic E-state index is 0.887. The molecule has 0 saturated heterocycles. The van der Waals surface area contributed by atoms with Crippen molar-refractivity contribution in [2.24, 2.45) is 0 Å². The van der Waals surface area contributed by atoms with E-state index in [1.807, 2.05) is 12.1 Å². The first kappa shape index (κ1) is 14.8. The number of imidazole rings is 1. The molecule has 0 spiro atoms. The molecule has 3 nitrogen and oxygen atoms in total. The highest BCUT2D eigenvalue weighted by molar-refractivity contribution is 7.18. The van der Waals surface area contributed by atoms with Crippen molar-refractivity contribution in [3.05, 3.63) is 79.1 Å². The number of rotatable bonds is 2. The average molecular weight is 366 g/mol. The maximum absolute atomic E-state index is 5.52. The maximum Gasteiger partial charge on any atom is 0.148 e. The second kappa shape index (κ2) is 5.56. The summed E-state index contributed by atoms with van der Waals surface area (Å²) in [5, 5.41) is 4.86. The van der Waals surface area contributed by atoms with Gasteiger partial charge in [-0.15, -0.1) is 11.3 Å². The van der Waals surface area contributed by atoms with Gasteiger partial charge < -0.3 is 9.40 Å². The summed E-state index contributed by atoms with van der Waals surface area (Å²) in [6.45, 7) is 0. The quantitative estimate of drug-likeness (QED) is 0.340. The van der Waals surface area contributed by atoms with Crippen molar-refractivity contribution >= 4 is 43.9 Å². The Labute approximate surface area is 158 Å². The molecule has 0 aliphatic rings. The van der Waals surface area contributed by atoms with Gasteiger partial charge in [-0.2, -0.15) is 0 Å². The smallest absolute Gasteiger partial charge is 0.148 e. The van der Waals surface area contributed by atoms with E-state index in [1.54, 1.807) is 17.6 Å². The zero-order valence-electron chi connectivity index (χ0n) is 14.3. The van der Waals surface area contributed by atoms with Crippen LogP contribution in [0.3, 0.4) is 0 Å². The number of hydrogen-bond donors (Lipinski definition) is 1. The fourth-order valence-corrected chi connectivity index (χ4v) is 4.68. The number of H-pyrrole nitrogens is 1. The normalized spacial score (nSPS) is 11.7. The predicted molar refractivity (Wildman–Crippen MR) is 112 cm³/mol. The summed E-state index contributed by atoms with van der Waals surface area (Å²) in [7, 11) is 0. The van der Waals surface area contributed by atoms with Gasteiger partial charge in [-0.3, -0.25) is 0 Å². The number of furan rings is 1. The highest BCUT2D eigenvalue weighted by Crippen LogP contribution is 2.38. The van der Waals surface area contributed by atoms with Crippen LogP contribution in [0.4, 0.5) is 0 Å². The van der Waals surface area contributed by atoms with Crippen LogP contribution in [0.25, 0.3) is 53.9 Å². The van der Waals surface area contributed by atoms with Gasteiger partial charge in [-0.25, -0.2) is 4.98 Å². The Morgan fingerprint density at radius 2 is 1.41 bits per heavy atom. The van der Waals surface area contributed by atoms with Crippen molar-refractivity contribution in [1.29, 1.82) is 0 Å². The molecule has 6 aromatic rings. The molecule has 0 aliphatic carbocycles. The summed E-state index contributed by atoms with van der Waals surface area (Å²) in [5.41, 5.74) is 2.11. The summed E-state index contributed by atoms with van der Waals surface area (Å²) in [6.07, 6.45) is 1.70. The van der Waals surface area contributed by atoms with Crippen LogP contribution in [0.2, 0.25) is 0 Å². The monoisotopic (exact) mass is 366 g/mol. The number of thiophene rings is 1. The molecule has 0 atom stereocenters. The molecule has 0 bridgehead atoms. The van der Waals surface area contributed by atoms with E-state index in [1.165, 1.54) is 21.5 Å². The molecular weight excluding hydrogens is 352 g/mol. The lowest BCUT2D eigenvalue weighted by molar-refractivity contribution is 0.584. The number of hydrogen-bond acceptors (Lipinski definition) is 3. The van der Waals surface area contributed by atoms with Crippen molar-refractivity contribution in [1.82, 2.24) is 9.97 Å². The summed E-state index contributed by atoms with van der Waals surface area (Å²) in [6, 6.07) is 25.1. The Morgan fingerprint density at radius 1 is 0.704 bits per heavy atom. The van der Waals surface area contributed by atoms with E-state index in [2.05, 4.69) is 65.6 Å². The molecule has 6 rings (SSSR count). The summed E-state index contributed by atoms with van der Waals surface area (Å²) in [5.74, 6) is 1.78. The van der Waals surface area contributed by atoms with Crippen LogP contribution in [-0.2, 0) is 0 Å². The van der Waals surface area contributed by atoms with Gasteiger partial charge in [0.05, 0.1) is 27.1 Å². The number of nitrogens with one attached hydrogen (secondary N) is 1. The molecule has 0 aliphatic heterocycles. The SMILES string of the molecule is c1coc(-c2ccc(-c3nc4c5ccccc5c5ccccc5c4[nH]3)s2)c1. The van der Waals surface area contributed by atoms with Crippen molar-refractivity contribution in [2.75, 3.05) is 0 Å². The van der Waals surface area contributed by atoms with Gasteiger partial charge in [0.15, 0.2) is 0 Å². The third kappa shape index (κ3) is 2.17. The number of fused-ring (bicyclic) bond motifs is 6. The van der Waals surface area contributed by atoms with Crippen molar-refractivity contribution in [2.45, 2.75) is 0 Å². The van der Waals surface area contributed by atoms with E-state index < -0.39 is 0 Å². The minimum absolute atomic E-state index is 0.887. The van der Waals surface area contributed by atoms with E-state index >= 15 is 0 Å². The van der Waals surface area contributed by atoms with Crippen molar-refractivity contribution in [3.8, 4) is 21.3 Å². The Kier molecular flexibility index (Phi) is 3.04. The average Bonchev–Trinajstić information content (AvgIpc) is 3.47. The molecule has 3 heterocycles. The maximum atomic E-state index is 5.52. The van der Waals surface area contributed by atoms with Gasteiger partial charge >= 0.3 is 0 Å². The Bertz CT molecular complexity index is 1350. The van der Waals surface area contributed by atoms with E-state index in [0.717, 1.165) is 32.4 Å². The Balaban J connectivity index is 1.64. The third-order valence-corrected chi connectivity index (χ3v) is 6.08. The second-order valence-electron chi connectivity index (χ2n) is 6.54. The first-order valence-electron chi connectivity index (χ1n) is 8.82. The van der Waals surface area contributed by atoms with Crippen LogP contribution in [0.5, 0.6) is 0 Å². The van der Waals surface area contributed by atoms with E-state index in [0.29, 0.717) is 0 Å². The zero-order chi connectivity index (χ0) is 17.8. The van der Waals surface area contributed by atoms with Crippen LogP contribution in [-0.4, -0.2) is 9.97 Å². The standard InChI is InChI=1S/C23H14N2OS/c1-3-8-16-14(6-1)15-7-2-4-9-17(15)22-21(16)24-23(25-22)20-12-11-19(27-20)18-10-5-13-26-18/h1-13H,(H,24,25). The number of aromatic nitrogens is 2. The molecule has 27 heavy (non-hydrogen) atoms. The second-order valence-corrected chi connectivity index (χ2v) is 7.63. The molecule has 0 amide bonds. The lowest BCUT2D eigenvalue weighted by Gasteiger charge is -2.05. The van der Waals surface area contributed by atoms with Crippen LogP contribution >= 0.6 is 11.3 Å². The lowest BCUT2D eigenvalue weighted by atomic mass is 10.0. The van der Waals surface area contributed by atoms with Crippen LogP contribution in [0, 0.1) is 0 Å². The highest BCUT2D eigenvalue weighted by atomic mass is 32.1. The number of benzene rings is 3. The molecular formula is C23H14N2OS. The van der Waals surface area contributed by atoms with Gasteiger partial charge in [-0.1, -0.05) is 48.5 Å². The first-order chi connectivity index (χ1) is 13.4. The summed E-state index contributed by atoms with van der Waals surface area (Å²) in [4.78, 5) is 10.8. The third-order valence-electron chi connectivity index (χ3n) is 4.98. The zero-order valence-corrected chi connectivity index (χ0v) is 15.1. The van der Waals surface area contributed by atoms with E-state index in [9.17, 15) is 0 Å². The van der Waals surface area contributed by atoms with Gasteiger partial charge in [0.2, 0.25) is 0 Å². The minimum Gasteiger partial charge on any atom is -0.464 e. The molecule has 3 aromatic heterocycles. The van der Waals surface area contributed by atoms with Gasteiger partial charge in [0.25, 0.3) is 0 Å². The topological polar surface area (TPSA) is 41.8 Å². The molecule has 0 saturated carbocycles. The number of nitrogens with zero attached hydrogens (tertiary/aromatic N) is 1.